The zero-order valence-electron chi connectivity index (χ0n) is 11.4. The summed E-state index contributed by atoms with van der Waals surface area (Å²) < 4.78 is 1.09. The number of hydrogen-bond acceptors (Lipinski definition) is 2. The van der Waals surface area contributed by atoms with E-state index < -0.39 is 0 Å². The highest BCUT2D eigenvalue weighted by Crippen LogP contribution is 2.27. The average molecular weight is 368 g/mol. The molecule has 0 aromatic heterocycles. The minimum atomic E-state index is 0. The summed E-state index contributed by atoms with van der Waals surface area (Å²) in [5.74, 6) is 0. The Hall–Kier alpha value is 0.200. The first-order valence-corrected chi connectivity index (χ1v) is 7.49. The maximum absolute atomic E-state index is 6.23. The van der Waals surface area contributed by atoms with Gasteiger partial charge in [-0.3, -0.25) is 0 Å². The van der Waals surface area contributed by atoms with E-state index in [0.29, 0.717) is 5.41 Å². The summed E-state index contributed by atoms with van der Waals surface area (Å²) >= 11 is 9.73. The van der Waals surface area contributed by atoms with E-state index in [9.17, 15) is 0 Å². The largest absolute Gasteiger partial charge is 0.316 e. The van der Waals surface area contributed by atoms with Gasteiger partial charge in [-0.1, -0.05) is 34.5 Å². The van der Waals surface area contributed by atoms with Gasteiger partial charge in [0.25, 0.3) is 0 Å². The summed E-state index contributed by atoms with van der Waals surface area (Å²) in [7, 11) is 2.17. The molecule has 1 aromatic carbocycles. The van der Waals surface area contributed by atoms with Crippen LogP contribution in [0.25, 0.3) is 0 Å². The second kappa shape index (κ2) is 7.28. The molecule has 19 heavy (non-hydrogen) atoms. The van der Waals surface area contributed by atoms with Crippen LogP contribution in [0.4, 0.5) is 0 Å². The van der Waals surface area contributed by atoms with Crippen LogP contribution < -0.4 is 5.32 Å². The van der Waals surface area contributed by atoms with Crippen molar-refractivity contribution < 1.29 is 0 Å². The number of nitrogens with zero attached hydrogens (tertiary/aromatic N) is 1. The second-order valence-corrected chi connectivity index (χ2v) is 6.97. The zero-order chi connectivity index (χ0) is 13.2. The highest BCUT2D eigenvalue weighted by molar-refractivity contribution is 9.10. The predicted molar refractivity (Wildman–Crippen MR) is 88.3 cm³/mol. The Kier molecular flexibility index (Phi) is 6.61. The fraction of sp³-hybridized carbons (Fsp3) is 0.571. The van der Waals surface area contributed by atoms with Crippen molar-refractivity contribution in [2.24, 2.45) is 5.41 Å². The molecule has 0 saturated carbocycles. The number of rotatable bonds is 4. The van der Waals surface area contributed by atoms with Crippen molar-refractivity contribution in [2.45, 2.75) is 19.9 Å². The van der Waals surface area contributed by atoms with E-state index in [1.54, 1.807) is 0 Å². The number of hydrogen-bond donors (Lipinski definition) is 1. The van der Waals surface area contributed by atoms with Gasteiger partial charge in [-0.25, -0.2) is 0 Å². The molecule has 1 aliphatic heterocycles. The SMILES string of the molecule is CN(Cc1cc(Br)ccc1Cl)CC1(C)CCNC1.Cl. The van der Waals surface area contributed by atoms with Crippen LogP contribution in [-0.2, 0) is 6.54 Å². The highest BCUT2D eigenvalue weighted by Gasteiger charge is 2.29. The van der Waals surface area contributed by atoms with E-state index in [0.717, 1.165) is 35.7 Å². The van der Waals surface area contributed by atoms with E-state index in [1.165, 1.54) is 12.0 Å². The van der Waals surface area contributed by atoms with Crippen LogP contribution in [0.2, 0.25) is 5.02 Å². The summed E-state index contributed by atoms with van der Waals surface area (Å²) in [6.07, 6.45) is 1.25. The highest BCUT2D eigenvalue weighted by atomic mass is 79.9. The Morgan fingerprint density at radius 1 is 1.47 bits per heavy atom. The van der Waals surface area contributed by atoms with Gasteiger partial charge in [0, 0.05) is 29.1 Å². The third-order valence-corrected chi connectivity index (χ3v) is 4.42. The Balaban J connectivity index is 0.00000180. The van der Waals surface area contributed by atoms with Crippen molar-refractivity contribution in [3.05, 3.63) is 33.3 Å². The maximum Gasteiger partial charge on any atom is 0.0451 e. The molecule has 2 rings (SSSR count). The lowest BCUT2D eigenvalue weighted by Crippen LogP contribution is -2.34. The Morgan fingerprint density at radius 2 is 2.21 bits per heavy atom. The molecule has 2 nitrogen and oxygen atoms in total. The number of halogens is 3. The molecule has 1 unspecified atom stereocenters. The lowest BCUT2D eigenvalue weighted by Gasteiger charge is -2.29. The van der Waals surface area contributed by atoms with Crippen LogP contribution in [0, 0.1) is 5.41 Å². The van der Waals surface area contributed by atoms with Crippen LogP contribution in [0.1, 0.15) is 18.9 Å². The van der Waals surface area contributed by atoms with E-state index in [4.69, 9.17) is 11.6 Å². The van der Waals surface area contributed by atoms with Gasteiger partial charge in [0.15, 0.2) is 0 Å². The van der Waals surface area contributed by atoms with Gasteiger partial charge in [0.1, 0.15) is 0 Å². The standard InChI is InChI=1S/C14H20BrClN2.ClH/c1-14(5-6-17-9-14)10-18(2)8-11-7-12(15)3-4-13(11)16;/h3-4,7,17H,5-6,8-10H2,1-2H3;1H. The van der Waals surface area contributed by atoms with Crippen LogP contribution in [-0.4, -0.2) is 31.6 Å². The van der Waals surface area contributed by atoms with Crippen molar-refractivity contribution in [2.75, 3.05) is 26.7 Å². The molecule has 1 N–H and O–H groups in total. The summed E-state index contributed by atoms with van der Waals surface area (Å²) in [5.41, 5.74) is 1.58. The fourth-order valence-electron chi connectivity index (χ4n) is 2.67. The van der Waals surface area contributed by atoms with Crippen molar-refractivity contribution in [1.29, 1.82) is 0 Å². The first kappa shape index (κ1) is 17.3. The Bertz CT molecular complexity index is 420. The molecule has 1 heterocycles. The molecule has 0 bridgehead atoms. The lowest BCUT2D eigenvalue weighted by atomic mass is 9.89. The van der Waals surface area contributed by atoms with Crippen molar-refractivity contribution >= 4 is 39.9 Å². The smallest absolute Gasteiger partial charge is 0.0451 e. The number of nitrogens with one attached hydrogen (secondary N) is 1. The zero-order valence-corrected chi connectivity index (χ0v) is 14.5. The fourth-order valence-corrected chi connectivity index (χ4v) is 3.25. The van der Waals surface area contributed by atoms with Crippen molar-refractivity contribution in [1.82, 2.24) is 10.2 Å². The molecule has 1 saturated heterocycles. The molecule has 1 aromatic rings. The van der Waals surface area contributed by atoms with E-state index >= 15 is 0 Å². The molecule has 108 valence electrons. The summed E-state index contributed by atoms with van der Waals surface area (Å²) in [5, 5.41) is 4.29. The molecule has 0 amide bonds. The van der Waals surface area contributed by atoms with Gasteiger partial charge < -0.3 is 10.2 Å². The monoisotopic (exact) mass is 366 g/mol. The topological polar surface area (TPSA) is 15.3 Å². The van der Waals surface area contributed by atoms with Gasteiger partial charge in [-0.2, -0.15) is 0 Å². The second-order valence-electron chi connectivity index (χ2n) is 5.65. The maximum atomic E-state index is 6.23. The van der Waals surface area contributed by atoms with Gasteiger partial charge in [0.2, 0.25) is 0 Å². The summed E-state index contributed by atoms with van der Waals surface area (Å²) in [6.45, 7) is 6.61. The van der Waals surface area contributed by atoms with Crippen LogP contribution >= 0.6 is 39.9 Å². The van der Waals surface area contributed by atoms with Crippen LogP contribution in [0.15, 0.2) is 22.7 Å². The molecule has 1 fully saturated rings. The number of benzene rings is 1. The molecule has 0 spiro atoms. The van der Waals surface area contributed by atoms with Gasteiger partial charge in [-0.15, -0.1) is 12.4 Å². The lowest BCUT2D eigenvalue weighted by molar-refractivity contribution is 0.203. The molecule has 5 heteroatoms. The normalized spacial score (nSPS) is 22.6. The molecule has 0 radical (unpaired) electrons. The molecule has 1 aliphatic rings. The summed E-state index contributed by atoms with van der Waals surface area (Å²) in [6, 6.07) is 6.04. The third-order valence-electron chi connectivity index (χ3n) is 3.56. The summed E-state index contributed by atoms with van der Waals surface area (Å²) in [4.78, 5) is 2.36. The van der Waals surface area contributed by atoms with Gasteiger partial charge in [0.05, 0.1) is 0 Å². The minimum Gasteiger partial charge on any atom is -0.316 e. The third kappa shape index (κ3) is 4.91. The molecular formula is C14H21BrCl2N2. The Morgan fingerprint density at radius 3 is 2.84 bits per heavy atom. The van der Waals surface area contributed by atoms with E-state index in [2.05, 4.69) is 46.2 Å². The van der Waals surface area contributed by atoms with Crippen LogP contribution in [0.5, 0.6) is 0 Å². The average Bonchev–Trinajstić information content (AvgIpc) is 2.70. The Labute approximate surface area is 135 Å². The quantitative estimate of drug-likeness (QED) is 0.866. The predicted octanol–water partition coefficient (Wildman–Crippen LogP) is 3.96. The first-order valence-electron chi connectivity index (χ1n) is 6.32. The first-order chi connectivity index (χ1) is 8.48. The molecule has 0 aliphatic carbocycles. The molecule has 1 atom stereocenters. The van der Waals surface area contributed by atoms with Crippen molar-refractivity contribution in [3.8, 4) is 0 Å². The van der Waals surface area contributed by atoms with E-state index in [1.807, 2.05) is 12.1 Å². The van der Waals surface area contributed by atoms with E-state index in [-0.39, 0.29) is 12.4 Å². The minimum absolute atomic E-state index is 0. The van der Waals surface area contributed by atoms with Crippen LogP contribution in [0.3, 0.4) is 0 Å². The van der Waals surface area contributed by atoms with Gasteiger partial charge >= 0.3 is 0 Å². The molecular weight excluding hydrogens is 347 g/mol. The van der Waals surface area contributed by atoms with Crippen molar-refractivity contribution in [3.63, 3.8) is 0 Å². The van der Waals surface area contributed by atoms with Gasteiger partial charge in [-0.05, 0) is 49.2 Å².